The van der Waals surface area contributed by atoms with E-state index in [1.54, 1.807) is 12.5 Å². The fraction of sp³-hybridized carbons (Fsp3) is 0.176. The lowest BCUT2D eigenvalue weighted by molar-refractivity contribution is -0.121. The number of nitrogens with one attached hydrogen (secondary N) is 1. The lowest BCUT2D eigenvalue weighted by atomic mass is 10.1. The largest absolute Gasteiger partial charge is 0.469 e. The normalized spacial score (nSPS) is 10.7. The van der Waals surface area contributed by atoms with Crippen LogP contribution in [0.15, 0.2) is 59.3 Å². The van der Waals surface area contributed by atoms with Crippen LogP contribution in [0.2, 0.25) is 0 Å². The van der Waals surface area contributed by atoms with Crippen molar-refractivity contribution in [1.82, 2.24) is 10.3 Å². The molecule has 0 bridgehead atoms. The van der Waals surface area contributed by atoms with Gasteiger partial charge in [-0.2, -0.15) is 0 Å². The van der Waals surface area contributed by atoms with E-state index >= 15 is 0 Å². The van der Waals surface area contributed by atoms with Crippen molar-refractivity contribution in [1.29, 1.82) is 0 Å². The van der Waals surface area contributed by atoms with Gasteiger partial charge in [-0.1, -0.05) is 18.2 Å². The smallest absolute Gasteiger partial charge is 0.220 e. The molecule has 4 heteroatoms. The fourth-order valence-corrected chi connectivity index (χ4v) is 2.28. The maximum absolute atomic E-state index is 11.9. The van der Waals surface area contributed by atoms with Crippen molar-refractivity contribution < 1.29 is 9.21 Å². The van der Waals surface area contributed by atoms with Crippen LogP contribution in [0.3, 0.4) is 0 Å². The van der Waals surface area contributed by atoms with Gasteiger partial charge in [0.05, 0.1) is 11.8 Å². The molecule has 4 nitrogen and oxygen atoms in total. The summed E-state index contributed by atoms with van der Waals surface area (Å²) in [7, 11) is 0. The SMILES string of the molecule is O=C(CCc1ccco1)NCc1ccnc2ccccc12. The number of aryl methyl sites for hydroxylation is 1. The van der Waals surface area contributed by atoms with Gasteiger partial charge in [0.2, 0.25) is 5.91 Å². The van der Waals surface area contributed by atoms with Gasteiger partial charge in [0.25, 0.3) is 0 Å². The standard InChI is InChI=1S/C17H16N2O2/c20-17(8-7-14-4-3-11-21-14)19-12-13-9-10-18-16-6-2-1-5-15(13)16/h1-6,9-11H,7-8,12H2,(H,19,20). The summed E-state index contributed by atoms with van der Waals surface area (Å²) in [5.74, 6) is 0.854. The third-order valence-corrected chi connectivity index (χ3v) is 3.39. The third-order valence-electron chi connectivity index (χ3n) is 3.39. The maximum atomic E-state index is 11.9. The summed E-state index contributed by atoms with van der Waals surface area (Å²) in [4.78, 5) is 16.2. The monoisotopic (exact) mass is 280 g/mol. The van der Waals surface area contributed by atoms with Gasteiger partial charge in [-0.3, -0.25) is 9.78 Å². The molecule has 21 heavy (non-hydrogen) atoms. The van der Waals surface area contributed by atoms with Crippen LogP contribution < -0.4 is 5.32 Å². The van der Waals surface area contributed by atoms with Gasteiger partial charge in [-0.25, -0.2) is 0 Å². The number of amides is 1. The van der Waals surface area contributed by atoms with Gasteiger partial charge in [-0.15, -0.1) is 0 Å². The number of carbonyl (C=O) groups is 1. The molecular formula is C17H16N2O2. The minimum atomic E-state index is 0.0206. The second-order valence-electron chi connectivity index (χ2n) is 4.84. The molecular weight excluding hydrogens is 264 g/mol. The molecule has 0 aliphatic rings. The van der Waals surface area contributed by atoms with Crippen LogP contribution in [0.5, 0.6) is 0 Å². The summed E-state index contributed by atoms with van der Waals surface area (Å²) in [6.45, 7) is 0.514. The van der Waals surface area contributed by atoms with E-state index in [1.807, 2.05) is 42.5 Å². The number of furan rings is 1. The summed E-state index contributed by atoms with van der Waals surface area (Å²) < 4.78 is 5.22. The minimum Gasteiger partial charge on any atom is -0.469 e. The molecule has 1 N–H and O–H groups in total. The summed E-state index contributed by atoms with van der Waals surface area (Å²) in [6.07, 6.45) is 4.44. The number of carbonyl (C=O) groups excluding carboxylic acids is 1. The van der Waals surface area contributed by atoms with Gasteiger partial charge in [0.15, 0.2) is 0 Å². The predicted molar refractivity (Wildman–Crippen MR) is 80.6 cm³/mol. The average Bonchev–Trinajstić information content (AvgIpc) is 3.04. The summed E-state index contributed by atoms with van der Waals surface area (Å²) in [6, 6.07) is 13.6. The Bertz CT molecular complexity index is 730. The van der Waals surface area contributed by atoms with Crippen LogP contribution in [0, 0.1) is 0 Å². The van der Waals surface area contributed by atoms with Crippen LogP contribution in [-0.2, 0) is 17.8 Å². The molecule has 3 aromatic rings. The number of pyridine rings is 1. The Hall–Kier alpha value is -2.62. The number of benzene rings is 1. The van der Waals surface area contributed by atoms with Crippen LogP contribution >= 0.6 is 0 Å². The molecule has 0 atom stereocenters. The van der Waals surface area contributed by atoms with Gasteiger partial charge in [0.1, 0.15) is 5.76 Å². The Balaban J connectivity index is 1.60. The van der Waals surface area contributed by atoms with E-state index in [0.717, 1.165) is 22.2 Å². The number of rotatable bonds is 5. The molecule has 0 unspecified atom stereocenters. The third kappa shape index (κ3) is 3.28. The van der Waals surface area contributed by atoms with E-state index in [0.29, 0.717) is 19.4 Å². The van der Waals surface area contributed by atoms with Crippen molar-refractivity contribution in [3.63, 3.8) is 0 Å². The molecule has 3 rings (SSSR count). The summed E-state index contributed by atoms with van der Waals surface area (Å²) in [5, 5.41) is 4.02. The molecule has 0 aliphatic heterocycles. The van der Waals surface area contributed by atoms with Crippen molar-refractivity contribution in [3.05, 3.63) is 66.2 Å². The van der Waals surface area contributed by atoms with E-state index in [-0.39, 0.29) is 5.91 Å². The zero-order valence-corrected chi connectivity index (χ0v) is 11.6. The maximum Gasteiger partial charge on any atom is 0.220 e. The van der Waals surface area contributed by atoms with Crippen LogP contribution in [0.4, 0.5) is 0 Å². The number of hydrogen-bond acceptors (Lipinski definition) is 3. The first-order valence-electron chi connectivity index (χ1n) is 6.94. The second kappa shape index (κ2) is 6.22. The van der Waals surface area contributed by atoms with Gasteiger partial charge in [-0.05, 0) is 29.8 Å². The molecule has 106 valence electrons. The quantitative estimate of drug-likeness (QED) is 0.781. The van der Waals surface area contributed by atoms with Crippen molar-refractivity contribution in [2.45, 2.75) is 19.4 Å². The lowest BCUT2D eigenvalue weighted by Gasteiger charge is -2.07. The lowest BCUT2D eigenvalue weighted by Crippen LogP contribution is -2.23. The summed E-state index contributed by atoms with van der Waals surface area (Å²) in [5.41, 5.74) is 2.02. The highest BCUT2D eigenvalue weighted by Crippen LogP contribution is 2.15. The number of hydrogen-bond donors (Lipinski definition) is 1. The van der Waals surface area contributed by atoms with Crippen molar-refractivity contribution >= 4 is 16.8 Å². The van der Waals surface area contributed by atoms with E-state index in [9.17, 15) is 4.79 Å². The topological polar surface area (TPSA) is 55.1 Å². The molecule has 0 saturated heterocycles. The Kier molecular flexibility index (Phi) is 3.96. The zero-order chi connectivity index (χ0) is 14.5. The number of aromatic nitrogens is 1. The highest BCUT2D eigenvalue weighted by molar-refractivity contribution is 5.82. The number of para-hydroxylation sites is 1. The summed E-state index contributed by atoms with van der Waals surface area (Å²) >= 11 is 0. The molecule has 0 radical (unpaired) electrons. The van der Waals surface area contributed by atoms with E-state index in [4.69, 9.17) is 4.42 Å². The van der Waals surface area contributed by atoms with E-state index in [2.05, 4.69) is 10.3 Å². The second-order valence-corrected chi connectivity index (χ2v) is 4.84. The average molecular weight is 280 g/mol. The first-order valence-corrected chi connectivity index (χ1v) is 6.94. The Morgan fingerprint density at radius 1 is 1.14 bits per heavy atom. The van der Waals surface area contributed by atoms with Gasteiger partial charge >= 0.3 is 0 Å². The highest BCUT2D eigenvalue weighted by Gasteiger charge is 2.06. The van der Waals surface area contributed by atoms with Crippen molar-refractivity contribution in [2.75, 3.05) is 0 Å². The Labute approximate surface area is 122 Å². The number of nitrogens with zero attached hydrogens (tertiary/aromatic N) is 1. The first kappa shape index (κ1) is 13.4. The van der Waals surface area contributed by atoms with E-state index < -0.39 is 0 Å². The van der Waals surface area contributed by atoms with Crippen LogP contribution in [0.25, 0.3) is 10.9 Å². The van der Waals surface area contributed by atoms with Gasteiger partial charge < -0.3 is 9.73 Å². The van der Waals surface area contributed by atoms with Crippen molar-refractivity contribution in [2.24, 2.45) is 0 Å². The Morgan fingerprint density at radius 2 is 2.05 bits per heavy atom. The molecule has 2 heterocycles. The number of fused-ring (bicyclic) bond motifs is 1. The molecule has 2 aromatic heterocycles. The van der Waals surface area contributed by atoms with Crippen LogP contribution in [-0.4, -0.2) is 10.9 Å². The minimum absolute atomic E-state index is 0.0206. The molecule has 1 aromatic carbocycles. The highest BCUT2D eigenvalue weighted by atomic mass is 16.3. The predicted octanol–water partition coefficient (Wildman–Crippen LogP) is 3.08. The first-order chi connectivity index (χ1) is 10.3. The Morgan fingerprint density at radius 3 is 2.90 bits per heavy atom. The molecule has 0 spiro atoms. The van der Waals surface area contributed by atoms with Gasteiger partial charge in [0, 0.05) is 31.0 Å². The molecule has 1 amide bonds. The van der Waals surface area contributed by atoms with E-state index in [1.165, 1.54) is 0 Å². The zero-order valence-electron chi connectivity index (χ0n) is 11.6. The molecule has 0 fully saturated rings. The molecule has 0 saturated carbocycles. The van der Waals surface area contributed by atoms with Crippen molar-refractivity contribution in [3.8, 4) is 0 Å². The fourth-order valence-electron chi connectivity index (χ4n) is 2.28. The molecule has 0 aliphatic carbocycles. The van der Waals surface area contributed by atoms with Crippen LogP contribution in [0.1, 0.15) is 17.7 Å².